The van der Waals surface area contributed by atoms with E-state index in [4.69, 9.17) is 4.74 Å². The fourth-order valence-electron chi connectivity index (χ4n) is 2.66. The van der Waals surface area contributed by atoms with Gasteiger partial charge < -0.3 is 4.74 Å². The van der Waals surface area contributed by atoms with Crippen LogP contribution in [0, 0.1) is 0 Å². The molecule has 0 saturated heterocycles. The lowest BCUT2D eigenvalue weighted by Gasteiger charge is -2.13. The van der Waals surface area contributed by atoms with E-state index in [-0.39, 0.29) is 11.0 Å². The number of sulfonamides is 1. The van der Waals surface area contributed by atoms with E-state index in [0.717, 1.165) is 23.1 Å². The zero-order valence-electron chi connectivity index (χ0n) is 12.5. The lowest BCUT2D eigenvalue weighted by atomic mass is 10.3. The smallest absolute Gasteiger partial charge is 0.261 e. The molecule has 0 heterocycles. The molecule has 1 saturated carbocycles. The van der Waals surface area contributed by atoms with E-state index >= 15 is 0 Å². The highest BCUT2D eigenvalue weighted by Gasteiger charge is 2.18. The Balaban J connectivity index is 1.72. The third kappa shape index (κ3) is 4.26. The summed E-state index contributed by atoms with van der Waals surface area (Å²) in [6.07, 6.45) is 4.81. The van der Waals surface area contributed by atoms with Crippen LogP contribution < -0.4 is 9.46 Å². The summed E-state index contributed by atoms with van der Waals surface area (Å²) in [4.78, 5) is 0.219. The summed E-state index contributed by atoms with van der Waals surface area (Å²) in [5.74, 6) is 0.721. The van der Waals surface area contributed by atoms with Crippen LogP contribution in [-0.2, 0) is 10.0 Å². The molecule has 0 spiro atoms. The van der Waals surface area contributed by atoms with Crippen molar-refractivity contribution < 1.29 is 13.2 Å². The molecular formula is C17H18BrNO3S. The SMILES string of the molecule is O=S(=O)(Nc1cccc(Br)c1)c1ccc(OC2CCCC2)cc1. The van der Waals surface area contributed by atoms with Gasteiger partial charge in [-0.15, -0.1) is 0 Å². The lowest BCUT2D eigenvalue weighted by Crippen LogP contribution is -2.13. The highest BCUT2D eigenvalue weighted by Crippen LogP contribution is 2.26. The highest BCUT2D eigenvalue weighted by atomic mass is 79.9. The van der Waals surface area contributed by atoms with E-state index in [1.54, 1.807) is 42.5 Å². The molecule has 0 atom stereocenters. The van der Waals surface area contributed by atoms with Crippen molar-refractivity contribution in [3.63, 3.8) is 0 Å². The van der Waals surface area contributed by atoms with E-state index in [2.05, 4.69) is 20.7 Å². The van der Waals surface area contributed by atoms with Crippen molar-refractivity contribution in [1.29, 1.82) is 0 Å². The van der Waals surface area contributed by atoms with Gasteiger partial charge in [0, 0.05) is 10.2 Å². The molecule has 0 aromatic heterocycles. The fourth-order valence-corrected chi connectivity index (χ4v) is 4.11. The Morgan fingerprint density at radius 2 is 1.74 bits per heavy atom. The zero-order chi connectivity index (χ0) is 16.3. The molecule has 2 aromatic carbocycles. The first kappa shape index (κ1) is 16.3. The number of hydrogen-bond acceptors (Lipinski definition) is 3. The largest absolute Gasteiger partial charge is 0.490 e. The van der Waals surface area contributed by atoms with Crippen molar-refractivity contribution in [3.8, 4) is 5.75 Å². The maximum Gasteiger partial charge on any atom is 0.261 e. The number of hydrogen-bond donors (Lipinski definition) is 1. The van der Waals surface area contributed by atoms with Gasteiger partial charge >= 0.3 is 0 Å². The Labute approximate surface area is 145 Å². The van der Waals surface area contributed by atoms with Gasteiger partial charge in [0.25, 0.3) is 10.0 Å². The van der Waals surface area contributed by atoms with Gasteiger partial charge in [-0.25, -0.2) is 8.42 Å². The van der Waals surface area contributed by atoms with Crippen molar-refractivity contribution in [2.75, 3.05) is 4.72 Å². The predicted octanol–water partition coefficient (Wildman–Crippen LogP) is 4.57. The van der Waals surface area contributed by atoms with Gasteiger partial charge in [-0.3, -0.25) is 4.72 Å². The lowest BCUT2D eigenvalue weighted by molar-refractivity contribution is 0.210. The van der Waals surface area contributed by atoms with Gasteiger partial charge in [0.2, 0.25) is 0 Å². The van der Waals surface area contributed by atoms with Crippen LogP contribution in [0.3, 0.4) is 0 Å². The van der Waals surface area contributed by atoms with Crippen molar-refractivity contribution in [3.05, 3.63) is 53.0 Å². The first-order valence-electron chi connectivity index (χ1n) is 7.58. The van der Waals surface area contributed by atoms with E-state index < -0.39 is 10.0 Å². The van der Waals surface area contributed by atoms with Crippen LogP contribution in [0.25, 0.3) is 0 Å². The van der Waals surface area contributed by atoms with Crippen LogP contribution in [0.15, 0.2) is 57.9 Å². The molecule has 122 valence electrons. The zero-order valence-corrected chi connectivity index (χ0v) is 14.9. The molecule has 0 amide bonds. The number of ether oxygens (including phenoxy) is 1. The third-order valence-electron chi connectivity index (χ3n) is 3.82. The summed E-state index contributed by atoms with van der Waals surface area (Å²) in [7, 11) is -3.60. The van der Waals surface area contributed by atoms with Gasteiger partial charge in [0.05, 0.1) is 11.0 Å². The maximum atomic E-state index is 12.4. The molecular weight excluding hydrogens is 378 g/mol. The normalized spacial score (nSPS) is 15.5. The third-order valence-corrected chi connectivity index (χ3v) is 5.71. The Morgan fingerprint density at radius 1 is 1.04 bits per heavy atom. The fraction of sp³-hybridized carbons (Fsp3) is 0.294. The highest BCUT2D eigenvalue weighted by molar-refractivity contribution is 9.10. The average molecular weight is 396 g/mol. The second-order valence-corrected chi connectivity index (χ2v) is 8.21. The van der Waals surface area contributed by atoms with Gasteiger partial charge in [-0.1, -0.05) is 22.0 Å². The van der Waals surface area contributed by atoms with Gasteiger partial charge in [-0.05, 0) is 68.1 Å². The minimum Gasteiger partial charge on any atom is -0.490 e. The molecule has 0 bridgehead atoms. The van der Waals surface area contributed by atoms with Crippen molar-refractivity contribution in [2.45, 2.75) is 36.7 Å². The summed E-state index contributed by atoms with van der Waals surface area (Å²) in [5.41, 5.74) is 0.519. The van der Waals surface area contributed by atoms with Gasteiger partial charge in [0.1, 0.15) is 5.75 Å². The number of benzene rings is 2. The molecule has 1 N–H and O–H groups in total. The Hall–Kier alpha value is -1.53. The molecule has 1 aliphatic rings. The molecule has 3 rings (SSSR count). The summed E-state index contributed by atoms with van der Waals surface area (Å²) < 4.78 is 34.0. The van der Waals surface area contributed by atoms with Crippen LogP contribution >= 0.6 is 15.9 Å². The molecule has 1 aliphatic carbocycles. The molecule has 2 aromatic rings. The summed E-state index contributed by atoms with van der Waals surface area (Å²) in [6, 6.07) is 13.6. The standard InChI is InChI=1S/C17H18BrNO3S/c18-13-4-3-5-14(12-13)19-23(20,21)17-10-8-16(9-11-17)22-15-6-1-2-7-15/h3-5,8-12,15,19H,1-2,6-7H2. The minimum absolute atomic E-state index is 0.219. The number of halogens is 1. The minimum atomic E-state index is -3.60. The molecule has 23 heavy (non-hydrogen) atoms. The summed E-state index contributed by atoms with van der Waals surface area (Å²) in [6.45, 7) is 0. The van der Waals surface area contributed by atoms with Crippen molar-refractivity contribution in [1.82, 2.24) is 0 Å². The van der Waals surface area contributed by atoms with Crippen LogP contribution in [0.4, 0.5) is 5.69 Å². The van der Waals surface area contributed by atoms with Crippen LogP contribution in [0.1, 0.15) is 25.7 Å². The summed E-state index contributed by atoms with van der Waals surface area (Å²) in [5, 5.41) is 0. The van der Waals surface area contributed by atoms with E-state index in [1.807, 2.05) is 6.07 Å². The first-order valence-corrected chi connectivity index (χ1v) is 9.86. The van der Waals surface area contributed by atoms with Crippen molar-refractivity contribution >= 4 is 31.6 Å². The second kappa shape index (κ2) is 6.93. The average Bonchev–Trinajstić information content (AvgIpc) is 3.00. The van der Waals surface area contributed by atoms with Crippen molar-refractivity contribution in [2.24, 2.45) is 0 Å². The molecule has 4 nitrogen and oxygen atoms in total. The first-order chi connectivity index (χ1) is 11.0. The molecule has 1 fully saturated rings. The topological polar surface area (TPSA) is 55.4 Å². The van der Waals surface area contributed by atoms with E-state index in [9.17, 15) is 8.42 Å². The van der Waals surface area contributed by atoms with E-state index in [1.165, 1.54) is 12.8 Å². The van der Waals surface area contributed by atoms with Crippen LogP contribution in [0.5, 0.6) is 5.75 Å². The Kier molecular flexibility index (Phi) is 4.92. The van der Waals surface area contributed by atoms with Gasteiger partial charge in [0.15, 0.2) is 0 Å². The molecule has 0 unspecified atom stereocenters. The maximum absolute atomic E-state index is 12.4. The second-order valence-electron chi connectivity index (χ2n) is 5.61. The Bertz CT molecular complexity index is 769. The summed E-state index contributed by atoms with van der Waals surface area (Å²) >= 11 is 3.33. The molecule has 0 radical (unpaired) electrons. The van der Waals surface area contributed by atoms with Gasteiger partial charge in [-0.2, -0.15) is 0 Å². The molecule has 0 aliphatic heterocycles. The number of anilines is 1. The van der Waals surface area contributed by atoms with E-state index in [0.29, 0.717) is 5.69 Å². The number of rotatable bonds is 5. The Morgan fingerprint density at radius 3 is 2.39 bits per heavy atom. The monoisotopic (exact) mass is 395 g/mol. The quantitative estimate of drug-likeness (QED) is 0.806. The molecule has 6 heteroatoms. The van der Waals surface area contributed by atoms with Crippen LogP contribution in [0.2, 0.25) is 0 Å². The van der Waals surface area contributed by atoms with Crippen LogP contribution in [-0.4, -0.2) is 14.5 Å². The predicted molar refractivity (Wildman–Crippen MR) is 94.3 cm³/mol. The number of nitrogens with one attached hydrogen (secondary N) is 1.